The van der Waals surface area contributed by atoms with Gasteiger partial charge in [-0.1, -0.05) is 23.4 Å². The van der Waals surface area contributed by atoms with Crippen LogP contribution in [-0.4, -0.2) is 27.0 Å². The van der Waals surface area contributed by atoms with Crippen LogP contribution in [0.2, 0.25) is 5.02 Å². The average molecular weight is 289 g/mol. The monoisotopic (exact) mass is 288 g/mol. The smallest absolute Gasteiger partial charge is 0.314 e. The van der Waals surface area contributed by atoms with Crippen LogP contribution < -0.4 is 0 Å². The van der Waals surface area contributed by atoms with Crippen LogP contribution in [0.15, 0.2) is 27.8 Å². The third kappa shape index (κ3) is 2.99. The number of carboxylic acid groups (broad SMARTS) is 1. The van der Waals surface area contributed by atoms with Crippen LogP contribution in [0, 0.1) is 5.82 Å². The number of thioether (sulfide) groups is 1. The third-order valence-corrected chi connectivity index (χ3v) is 2.93. The van der Waals surface area contributed by atoms with Gasteiger partial charge in [-0.15, -0.1) is 10.2 Å². The zero-order chi connectivity index (χ0) is 13.1. The van der Waals surface area contributed by atoms with Gasteiger partial charge in [0.05, 0.1) is 5.56 Å². The van der Waals surface area contributed by atoms with Crippen molar-refractivity contribution in [3.05, 3.63) is 29.0 Å². The standard InChI is InChI=1S/C10H6ClFN2O3S/c11-5-1-2-6(7(12)3-5)9-13-14-10(17-9)18-4-8(15)16/h1-3H,4H2,(H,15,16). The summed E-state index contributed by atoms with van der Waals surface area (Å²) < 4.78 is 18.7. The van der Waals surface area contributed by atoms with Crippen molar-refractivity contribution < 1.29 is 18.7 Å². The molecular weight excluding hydrogens is 283 g/mol. The molecule has 2 aromatic rings. The molecule has 1 N–H and O–H groups in total. The van der Waals surface area contributed by atoms with Crippen molar-refractivity contribution in [2.45, 2.75) is 5.22 Å². The van der Waals surface area contributed by atoms with E-state index in [0.29, 0.717) is 0 Å². The summed E-state index contributed by atoms with van der Waals surface area (Å²) in [7, 11) is 0. The first kappa shape index (κ1) is 12.8. The molecule has 0 saturated heterocycles. The minimum Gasteiger partial charge on any atom is -0.481 e. The summed E-state index contributed by atoms with van der Waals surface area (Å²) >= 11 is 6.48. The molecule has 5 nitrogen and oxygen atoms in total. The maximum Gasteiger partial charge on any atom is 0.314 e. The van der Waals surface area contributed by atoms with Crippen molar-refractivity contribution in [3.63, 3.8) is 0 Å². The lowest BCUT2D eigenvalue weighted by Gasteiger charge is -1.97. The van der Waals surface area contributed by atoms with Gasteiger partial charge >= 0.3 is 5.97 Å². The second-order valence-corrected chi connectivity index (χ2v) is 4.54. The van der Waals surface area contributed by atoms with Crippen molar-refractivity contribution in [1.29, 1.82) is 0 Å². The number of nitrogens with zero attached hydrogens (tertiary/aromatic N) is 2. The zero-order valence-electron chi connectivity index (χ0n) is 8.76. The van der Waals surface area contributed by atoms with Gasteiger partial charge in [-0.2, -0.15) is 0 Å². The Balaban J connectivity index is 2.21. The number of hydrogen-bond donors (Lipinski definition) is 1. The highest BCUT2D eigenvalue weighted by Crippen LogP contribution is 2.26. The summed E-state index contributed by atoms with van der Waals surface area (Å²) in [5, 5.41) is 16.1. The number of aromatic nitrogens is 2. The van der Waals surface area contributed by atoms with Crippen molar-refractivity contribution in [1.82, 2.24) is 10.2 Å². The molecule has 0 bridgehead atoms. The molecular formula is C10H6ClFN2O3S. The Labute approximate surface area is 110 Å². The van der Waals surface area contributed by atoms with E-state index in [0.717, 1.165) is 17.8 Å². The van der Waals surface area contributed by atoms with Crippen LogP contribution in [0.5, 0.6) is 0 Å². The van der Waals surface area contributed by atoms with E-state index >= 15 is 0 Å². The molecule has 1 heterocycles. The summed E-state index contributed by atoms with van der Waals surface area (Å²) in [5.41, 5.74) is 0.120. The maximum atomic E-state index is 13.5. The van der Waals surface area contributed by atoms with Crippen molar-refractivity contribution in [2.75, 3.05) is 5.75 Å². The quantitative estimate of drug-likeness (QED) is 0.872. The normalized spacial score (nSPS) is 10.6. The fourth-order valence-electron chi connectivity index (χ4n) is 1.16. The first-order valence-electron chi connectivity index (χ1n) is 4.70. The Hall–Kier alpha value is -1.60. The van der Waals surface area contributed by atoms with Gasteiger partial charge in [0, 0.05) is 5.02 Å². The predicted molar refractivity (Wildman–Crippen MR) is 63.1 cm³/mol. The Kier molecular flexibility index (Phi) is 3.83. The molecule has 94 valence electrons. The zero-order valence-corrected chi connectivity index (χ0v) is 10.3. The van der Waals surface area contributed by atoms with Gasteiger partial charge in [0.1, 0.15) is 11.6 Å². The van der Waals surface area contributed by atoms with E-state index in [1.807, 2.05) is 0 Å². The van der Waals surface area contributed by atoms with Gasteiger partial charge in [-0.3, -0.25) is 4.79 Å². The molecule has 0 aliphatic rings. The van der Waals surface area contributed by atoms with Crippen molar-refractivity contribution in [3.8, 4) is 11.5 Å². The van der Waals surface area contributed by atoms with Crippen LogP contribution in [-0.2, 0) is 4.79 Å². The highest BCUT2D eigenvalue weighted by atomic mass is 35.5. The van der Waals surface area contributed by atoms with Gasteiger partial charge in [0.15, 0.2) is 0 Å². The summed E-state index contributed by atoms with van der Waals surface area (Å²) in [6.45, 7) is 0. The minimum atomic E-state index is -1.00. The number of carboxylic acids is 1. The van der Waals surface area contributed by atoms with E-state index in [1.54, 1.807) is 0 Å². The molecule has 18 heavy (non-hydrogen) atoms. The fourth-order valence-corrected chi connectivity index (χ4v) is 1.81. The van der Waals surface area contributed by atoms with Crippen molar-refractivity contribution >= 4 is 29.3 Å². The van der Waals surface area contributed by atoms with Crippen LogP contribution >= 0.6 is 23.4 Å². The Morgan fingerprint density at radius 1 is 1.50 bits per heavy atom. The Morgan fingerprint density at radius 3 is 2.94 bits per heavy atom. The lowest BCUT2D eigenvalue weighted by Crippen LogP contribution is -1.97. The summed E-state index contributed by atoms with van der Waals surface area (Å²) in [6, 6.07) is 4.04. The molecule has 1 aromatic carbocycles. The largest absolute Gasteiger partial charge is 0.481 e. The van der Waals surface area contributed by atoms with Gasteiger partial charge in [0.2, 0.25) is 0 Å². The summed E-state index contributed by atoms with van der Waals surface area (Å²) in [4.78, 5) is 10.4. The van der Waals surface area contributed by atoms with E-state index < -0.39 is 11.8 Å². The molecule has 8 heteroatoms. The van der Waals surface area contributed by atoms with Crippen molar-refractivity contribution in [2.24, 2.45) is 0 Å². The van der Waals surface area contributed by atoms with E-state index in [2.05, 4.69) is 10.2 Å². The third-order valence-electron chi connectivity index (χ3n) is 1.89. The molecule has 0 aliphatic carbocycles. The molecule has 0 unspecified atom stereocenters. The van der Waals surface area contributed by atoms with Gasteiger partial charge in [-0.25, -0.2) is 4.39 Å². The van der Waals surface area contributed by atoms with Gasteiger partial charge in [0.25, 0.3) is 11.1 Å². The summed E-state index contributed by atoms with van der Waals surface area (Å²) in [5.74, 6) is -1.81. The minimum absolute atomic E-state index is 0.0166. The SMILES string of the molecule is O=C(O)CSc1nnc(-c2ccc(Cl)cc2F)o1. The molecule has 0 spiro atoms. The first-order valence-corrected chi connectivity index (χ1v) is 6.06. The molecule has 0 amide bonds. The topological polar surface area (TPSA) is 76.2 Å². The van der Waals surface area contributed by atoms with E-state index in [9.17, 15) is 9.18 Å². The highest BCUT2D eigenvalue weighted by molar-refractivity contribution is 7.99. The number of benzene rings is 1. The number of halogens is 2. The van der Waals surface area contributed by atoms with Crippen LogP contribution in [0.25, 0.3) is 11.5 Å². The van der Waals surface area contributed by atoms with Gasteiger partial charge in [-0.05, 0) is 18.2 Å². The molecule has 2 rings (SSSR count). The van der Waals surface area contributed by atoms with Crippen LogP contribution in [0.1, 0.15) is 0 Å². The lowest BCUT2D eigenvalue weighted by molar-refractivity contribution is -0.133. The Bertz CT molecular complexity index is 590. The molecule has 1 aromatic heterocycles. The molecule has 0 radical (unpaired) electrons. The number of carbonyl (C=O) groups is 1. The van der Waals surface area contributed by atoms with Gasteiger partial charge < -0.3 is 9.52 Å². The Morgan fingerprint density at radius 2 is 2.28 bits per heavy atom. The van der Waals surface area contributed by atoms with E-state index in [4.69, 9.17) is 21.1 Å². The first-order chi connectivity index (χ1) is 8.56. The summed E-state index contributed by atoms with van der Waals surface area (Å²) in [6.07, 6.45) is 0. The highest BCUT2D eigenvalue weighted by Gasteiger charge is 2.14. The molecule has 0 atom stereocenters. The predicted octanol–water partition coefficient (Wildman–Crippen LogP) is 2.71. The fraction of sp³-hybridized carbons (Fsp3) is 0.100. The van der Waals surface area contributed by atoms with Crippen LogP contribution in [0.3, 0.4) is 0 Å². The second kappa shape index (κ2) is 5.36. The lowest BCUT2D eigenvalue weighted by atomic mass is 10.2. The number of rotatable bonds is 4. The molecule has 0 fully saturated rings. The van der Waals surface area contributed by atoms with E-state index in [-0.39, 0.29) is 27.5 Å². The average Bonchev–Trinajstić information content (AvgIpc) is 2.75. The maximum absolute atomic E-state index is 13.5. The number of aliphatic carboxylic acids is 1. The second-order valence-electron chi connectivity index (χ2n) is 3.18. The molecule has 0 aliphatic heterocycles. The number of hydrogen-bond acceptors (Lipinski definition) is 5. The van der Waals surface area contributed by atoms with E-state index in [1.165, 1.54) is 12.1 Å². The van der Waals surface area contributed by atoms with Crippen LogP contribution in [0.4, 0.5) is 4.39 Å². The molecule has 0 saturated carbocycles.